The average molecular weight is 261 g/mol. The summed E-state index contributed by atoms with van der Waals surface area (Å²) in [5.41, 5.74) is 1.17. The molecule has 0 aliphatic heterocycles. The summed E-state index contributed by atoms with van der Waals surface area (Å²) >= 11 is 0. The Hall–Kier alpha value is -2.43. The van der Waals surface area contributed by atoms with Gasteiger partial charge in [-0.05, 0) is 31.2 Å². The number of nitrogens with zero attached hydrogens (tertiary/aromatic N) is 1. The first-order valence-corrected chi connectivity index (χ1v) is 5.58. The van der Waals surface area contributed by atoms with Gasteiger partial charge in [-0.2, -0.15) is 0 Å². The molecule has 0 unspecified atom stereocenters. The molecule has 0 aliphatic rings. The van der Waals surface area contributed by atoms with E-state index in [4.69, 9.17) is 4.74 Å². The summed E-state index contributed by atoms with van der Waals surface area (Å²) in [6, 6.07) is 7.36. The van der Waals surface area contributed by atoms with E-state index in [-0.39, 0.29) is 17.0 Å². The van der Waals surface area contributed by atoms with Gasteiger partial charge in [0.2, 0.25) is 0 Å². The van der Waals surface area contributed by atoms with Crippen molar-refractivity contribution in [3.05, 3.63) is 47.4 Å². The van der Waals surface area contributed by atoms with Crippen molar-refractivity contribution in [1.29, 1.82) is 0 Å². The maximum atomic E-state index is 13.7. The van der Waals surface area contributed by atoms with Crippen molar-refractivity contribution in [2.75, 3.05) is 7.11 Å². The lowest BCUT2D eigenvalue weighted by Gasteiger charge is -2.11. The highest BCUT2D eigenvalue weighted by atomic mass is 19.1. The van der Waals surface area contributed by atoms with Crippen LogP contribution in [0.4, 0.5) is 4.39 Å². The molecular weight excluding hydrogens is 249 g/mol. The standard InChI is InChI=1S/C14H12FNO3/c1-8-6-7-10(14(17)18)12(16-8)9-4-3-5-11(15)13(9)19-2/h3-7H,1-2H3,(H,17,18). The predicted molar refractivity (Wildman–Crippen MR) is 67.9 cm³/mol. The van der Waals surface area contributed by atoms with Crippen LogP contribution in [-0.2, 0) is 0 Å². The molecule has 0 bridgehead atoms. The van der Waals surface area contributed by atoms with Crippen LogP contribution in [0.5, 0.6) is 5.75 Å². The van der Waals surface area contributed by atoms with E-state index in [2.05, 4.69) is 4.98 Å². The number of aryl methyl sites for hydroxylation is 1. The number of ether oxygens (including phenoxy) is 1. The second kappa shape index (κ2) is 5.06. The second-order valence-electron chi connectivity index (χ2n) is 3.97. The number of carboxylic acids is 1. The Bertz CT molecular complexity index is 641. The SMILES string of the molecule is COc1c(F)cccc1-c1nc(C)ccc1C(=O)O. The summed E-state index contributed by atoms with van der Waals surface area (Å²) < 4.78 is 18.7. The minimum Gasteiger partial charge on any atom is -0.493 e. The Kier molecular flexibility index (Phi) is 3.46. The van der Waals surface area contributed by atoms with Gasteiger partial charge in [0, 0.05) is 11.3 Å². The van der Waals surface area contributed by atoms with Crippen LogP contribution in [0.3, 0.4) is 0 Å². The van der Waals surface area contributed by atoms with E-state index in [1.54, 1.807) is 19.1 Å². The number of methoxy groups -OCH3 is 1. The van der Waals surface area contributed by atoms with Crippen molar-refractivity contribution in [1.82, 2.24) is 4.98 Å². The summed E-state index contributed by atoms with van der Waals surface area (Å²) in [4.78, 5) is 15.4. The zero-order valence-corrected chi connectivity index (χ0v) is 10.5. The minimum atomic E-state index is -1.12. The number of carbonyl (C=O) groups is 1. The summed E-state index contributed by atoms with van der Waals surface area (Å²) in [7, 11) is 1.33. The van der Waals surface area contributed by atoms with E-state index in [1.807, 2.05) is 0 Å². The zero-order chi connectivity index (χ0) is 14.0. The molecule has 1 aromatic heterocycles. The van der Waals surface area contributed by atoms with Crippen LogP contribution in [0, 0.1) is 12.7 Å². The second-order valence-corrected chi connectivity index (χ2v) is 3.97. The average Bonchev–Trinajstić information content (AvgIpc) is 2.37. The Balaban J connectivity index is 2.74. The number of hydrogen-bond donors (Lipinski definition) is 1. The van der Waals surface area contributed by atoms with Crippen molar-refractivity contribution in [2.24, 2.45) is 0 Å². The molecule has 2 rings (SSSR count). The lowest BCUT2D eigenvalue weighted by molar-refractivity contribution is 0.0697. The molecule has 19 heavy (non-hydrogen) atoms. The molecule has 5 heteroatoms. The molecule has 0 amide bonds. The molecule has 0 radical (unpaired) electrons. The predicted octanol–water partition coefficient (Wildman–Crippen LogP) is 2.90. The highest BCUT2D eigenvalue weighted by Crippen LogP contribution is 2.33. The molecule has 98 valence electrons. The van der Waals surface area contributed by atoms with Gasteiger partial charge in [-0.1, -0.05) is 6.07 Å². The third-order valence-corrected chi connectivity index (χ3v) is 2.69. The smallest absolute Gasteiger partial charge is 0.337 e. The third-order valence-electron chi connectivity index (χ3n) is 2.69. The molecule has 0 saturated carbocycles. The Morgan fingerprint density at radius 3 is 2.68 bits per heavy atom. The summed E-state index contributed by atoms with van der Waals surface area (Å²) in [5.74, 6) is -1.68. The van der Waals surface area contributed by atoms with Gasteiger partial charge in [-0.25, -0.2) is 9.18 Å². The number of para-hydroxylation sites is 1. The van der Waals surface area contributed by atoms with E-state index < -0.39 is 11.8 Å². The van der Waals surface area contributed by atoms with Crippen molar-refractivity contribution in [2.45, 2.75) is 6.92 Å². The summed E-state index contributed by atoms with van der Waals surface area (Å²) in [6.45, 7) is 1.74. The Morgan fingerprint density at radius 2 is 2.05 bits per heavy atom. The first kappa shape index (κ1) is 13.0. The van der Waals surface area contributed by atoms with Gasteiger partial charge in [0.15, 0.2) is 11.6 Å². The van der Waals surface area contributed by atoms with Gasteiger partial charge in [0.25, 0.3) is 0 Å². The van der Waals surface area contributed by atoms with E-state index >= 15 is 0 Å². The topological polar surface area (TPSA) is 59.4 Å². The van der Waals surface area contributed by atoms with Crippen molar-refractivity contribution >= 4 is 5.97 Å². The number of halogens is 1. The van der Waals surface area contributed by atoms with Crippen molar-refractivity contribution in [3.63, 3.8) is 0 Å². The molecule has 0 aliphatic carbocycles. The number of rotatable bonds is 3. The molecule has 0 fully saturated rings. The maximum absolute atomic E-state index is 13.7. The van der Waals surface area contributed by atoms with Gasteiger partial charge >= 0.3 is 5.97 Å². The van der Waals surface area contributed by atoms with Crippen LogP contribution in [-0.4, -0.2) is 23.2 Å². The van der Waals surface area contributed by atoms with Gasteiger partial charge in [0.1, 0.15) is 0 Å². The lowest BCUT2D eigenvalue weighted by atomic mass is 10.0. The molecule has 0 saturated heterocycles. The molecule has 1 aromatic carbocycles. The monoisotopic (exact) mass is 261 g/mol. The number of aromatic nitrogens is 1. The van der Waals surface area contributed by atoms with Gasteiger partial charge in [-0.15, -0.1) is 0 Å². The first-order chi connectivity index (χ1) is 9.04. The maximum Gasteiger partial charge on any atom is 0.337 e. The third kappa shape index (κ3) is 2.40. The number of aromatic carboxylic acids is 1. The van der Waals surface area contributed by atoms with Crippen LogP contribution < -0.4 is 4.74 Å². The number of benzene rings is 1. The van der Waals surface area contributed by atoms with Crippen molar-refractivity contribution < 1.29 is 19.0 Å². The van der Waals surface area contributed by atoms with Crippen LogP contribution >= 0.6 is 0 Å². The van der Waals surface area contributed by atoms with E-state index in [0.717, 1.165) is 0 Å². The number of hydrogen-bond acceptors (Lipinski definition) is 3. The van der Waals surface area contributed by atoms with Crippen molar-refractivity contribution in [3.8, 4) is 17.0 Å². The minimum absolute atomic E-state index is 0.00880. The fourth-order valence-electron chi connectivity index (χ4n) is 1.84. The fraction of sp³-hybridized carbons (Fsp3) is 0.143. The van der Waals surface area contributed by atoms with E-state index in [9.17, 15) is 14.3 Å². The van der Waals surface area contributed by atoms with Crippen LogP contribution in [0.1, 0.15) is 16.1 Å². The normalized spacial score (nSPS) is 10.3. The van der Waals surface area contributed by atoms with Gasteiger partial charge in [0.05, 0.1) is 18.4 Å². The molecular formula is C14H12FNO3. The zero-order valence-electron chi connectivity index (χ0n) is 10.5. The molecule has 1 heterocycles. The summed E-state index contributed by atoms with van der Waals surface area (Å²) in [6.07, 6.45) is 0. The molecule has 1 N–H and O–H groups in total. The highest BCUT2D eigenvalue weighted by molar-refractivity contribution is 5.95. The summed E-state index contributed by atoms with van der Waals surface area (Å²) in [5, 5.41) is 9.18. The van der Waals surface area contributed by atoms with Crippen LogP contribution in [0.15, 0.2) is 30.3 Å². The Morgan fingerprint density at radius 1 is 1.32 bits per heavy atom. The van der Waals surface area contributed by atoms with Gasteiger partial charge < -0.3 is 9.84 Å². The van der Waals surface area contributed by atoms with Crippen LogP contribution in [0.25, 0.3) is 11.3 Å². The Labute approximate surface area is 109 Å². The molecule has 0 spiro atoms. The highest BCUT2D eigenvalue weighted by Gasteiger charge is 2.18. The molecule has 2 aromatic rings. The van der Waals surface area contributed by atoms with E-state index in [1.165, 1.54) is 25.3 Å². The number of carboxylic acid groups (broad SMARTS) is 1. The fourth-order valence-corrected chi connectivity index (χ4v) is 1.84. The molecule has 4 nitrogen and oxygen atoms in total. The quantitative estimate of drug-likeness (QED) is 0.922. The number of pyridine rings is 1. The van der Waals surface area contributed by atoms with Crippen LogP contribution in [0.2, 0.25) is 0 Å². The van der Waals surface area contributed by atoms with Gasteiger partial charge in [-0.3, -0.25) is 4.98 Å². The lowest BCUT2D eigenvalue weighted by Crippen LogP contribution is -2.04. The largest absolute Gasteiger partial charge is 0.493 e. The molecule has 0 atom stereocenters. The van der Waals surface area contributed by atoms with E-state index in [0.29, 0.717) is 11.3 Å². The first-order valence-electron chi connectivity index (χ1n) is 5.58.